The third-order valence-corrected chi connectivity index (χ3v) is 1.38. The van der Waals surface area contributed by atoms with E-state index >= 15 is 0 Å². The predicted molar refractivity (Wildman–Crippen MR) is 49.6 cm³/mol. The van der Waals surface area contributed by atoms with Gasteiger partial charge in [0.05, 0.1) is 38.1 Å². The van der Waals surface area contributed by atoms with Gasteiger partial charge in [-0.05, 0) is 20.8 Å². The Bertz CT molecular complexity index is 112. The first-order valence-corrected chi connectivity index (χ1v) is 4.58. The van der Waals surface area contributed by atoms with Crippen molar-refractivity contribution >= 4 is 0 Å². The molecule has 0 aromatic heterocycles. The standard InChI is InChI=1S/C6H14O3.C3H6O/c1-5(8)4-9-6(2)3-7;1-3-2-4-3/h5-8H,3-4H2,1-2H3;3H,2H2,1H3. The van der Waals surface area contributed by atoms with Gasteiger partial charge in [0.1, 0.15) is 0 Å². The maximum atomic E-state index is 8.69. The summed E-state index contributed by atoms with van der Waals surface area (Å²) in [5, 5.41) is 17.1. The fourth-order valence-electron chi connectivity index (χ4n) is 0.452. The molecule has 1 rings (SSSR count). The molecule has 3 unspecified atom stereocenters. The van der Waals surface area contributed by atoms with Crippen LogP contribution in [-0.4, -0.2) is 48.3 Å². The lowest BCUT2D eigenvalue weighted by atomic mass is 10.4. The predicted octanol–water partition coefficient (Wildman–Crippen LogP) is 0.170. The van der Waals surface area contributed by atoms with Crippen LogP contribution in [0.5, 0.6) is 0 Å². The molecule has 4 nitrogen and oxygen atoms in total. The summed E-state index contributed by atoms with van der Waals surface area (Å²) in [4.78, 5) is 0. The van der Waals surface area contributed by atoms with Gasteiger partial charge in [-0.25, -0.2) is 0 Å². The second-order valence-electron chi connectivity index (χ2n) is 3.32. The SMILES string of the molecule is CC(O)COC(C)CO.CC1CO1. The molecule has 1 fully saturated rings. The highest BCUT2D eigenvalue weighted by molar-refractivity contribution is 4.58. The van der Waals surface area contributed by atoms with Crippen LogP contribution in [0.15, 0.2) is 0 Å². The van der Waals surface area contributed by atoms with Gasteiger partial charge in [-0.3, -0.25) is 0 Å². The van der Waals surface area contributed by atoms with Crippen LogP contribution in [0.3, 0.4) is 0 Å². The van der Waals surface area contributed by atoms with Crippen molar-refractivity contribution in [1.29, 1.82) is 0 Å². The summed E-state index contributed by atoms with van der Waals surface area (Å²) in [6, 6.07) is 0. The van der Waals surface area contributed by atoms with Crippen molar-refractivity contribution in [2.75, 3.05) is 19.8 Å². The Hall–Kier alpha value is -0.160. The molecule has 0 radical (unpaired) electrons. The average molecular weight is 192 g/mol. The molecule has 3 atom stereocenters. The van der Waals surface area contributed by atoms with Crippen molar-refractivity contribution in [3.8, 4) is 0 Å². The van der Waals surface area contributed by atoms with E-state index in [0.29, 0.717) is 12.7 Å². The zero-order chi connectivity index (χ0) is 10.3. The van der Waals surface area contributed by atoms with Crippen LogP contribution in [-0.2, 0) is 9.47 Å². The third-order valence-electron chi connectivity index (χ3n) is 1.38. The molecular formula is C9H20O4. The van der Waals surface area contributed by atoms with E-state index in [-0.39, 0.29) is 12.7 Å². The van der Waals surface area contributed by atoms with Crippen LogP contribution < -0.4 is 0 Å². The Morgan fingerprint density at radius 3 is 2.23 bits per heavy atom. The number of hydrogen-bond acceptors (Lipinski definition) is 4. The molecule has 0 amide bonds. The average Bonchev–Trinajstić information content (AvgIpc) is 2.84. The van der Waals surface area contributed by atoms with E-state index in [1.165, 1.54) is 0 Å². The van der Waals surface area contributed by atoms with E-state index in [1.807, 2.05) is 0 Å². The summed E-state index contributed by atoms with van der Waals surface area (Å²) >= 11 is 0. The molecule has 1 heterocycles. The minimum atomic E-state index is -0.445. The molecule has 0 saturated carbocycles. The lowest BCUT2D eigenvalue weighted by Crippen LogP contribution is -2.19. The first-order chi connectivity index (χ1) is 6.06. The van der Waals surface area contributed by atoms with E-state index in [4.69, 9.17) is 19.7 Å². The molecule has 0 aromatic carbocycles. The van der Waals surface area contributed by atoms with Gasteiger partial charge in [0, 0.05) is 0 Å². The lowest BCUT2D eigenvalue weighted by Gasteiger charge is -2.10. The van der Waals surface area contributed by atoms with E-state index in [2.05, 4.69) is 6.92 Å². The fourth-order valence-corrected chi connectivity index (χ4v) is 0.452. The highest BCUT2D eigenvalue weighted by Gasteiger charge is 2.13. The van der Waals surface area contributed by atoms with Crippen LogP contribution in [0.1, 0.15) is 20.8 Å². The second-order valence-corrected chi connectivity index (χ2v) is 3.32. The van der Waals surface area contributed by atoms with E-state index in [0.717, 1.165) is 6.61 Å². The van der Waals surface area contributed by atoms with Crippen molar-refractivity contribution in [1.82, 2.24) is 0 Å². The highest BCUT2D eigenvalue weighted by Crippen LogP contribution is 2.04. The zero-order valence-electron chi connectivity index (χ0n) is 8.56. The molecule has 0 spiro atoms. The Morgan fingerprint density at radius 2 is 2.00 bits per heavy atom. The van der Waals surface area contributed by atoms with E-state index in [9.17, 15) is 0 Å². The Kier molecular flexibility index (Phi) is 7.17. The van der Waals surface area contributed by atoms with Gasteiger partial charge in [-0.15, -0.1) is 0 Å². The summed E-state index contributed by atoms with van der Waals surface area (Å²) in [5.41, 5.74) is 0. The Balaban J connectivity index is 0.000000293. The van der Waals surface area contributed by atoms with Gasteiger partial charge in [-0.1, -0.05) is 0 Å². The summed E-state index contributed by atoms with van der Waals surface area (Å²) < 4.78 is 9.66. The first kappa shape index (κ1) is 12.8. The molecular weight excluding hydrogens is 172 g/mol. The van der Waals surface area contributed by atoms with Crippen molar-refractivity contribution in [2.24, 2.45) is 0 Å². The number of epoxide rings is 1. The third kappa shape index (κ3) is 11.8. The van der Waals surface area contributed by atoms with Crippen LogP contribution >= 0.6 is 0 Å². The van der Waals surface area contributed by atoms with Crippen molar-refractivity contribution in [2.45, 2.75) is 39.1 Å². The number of rotatable bonds is 4. The van der Waals surface area contributed by atoms with Gasteiger partial charge >= 0.3 is 0 Å². The van der Waals surface area contributed by atoms with Gasteiger partial charge in [0.25, 0.3) is 0 Å². The summed E-state index contributed by atoms with van der Waals surface area (Å²) in [6.45, 7) is 6.74. The normalized spacial score (nSPS) is 24.2. The lowest BCUT2D eigenvalue weighted by molar-refractivity contribution is -0.0177. The molecule has 1 aliphatic rings. The number of aliphatic hydroxyl groups excluding tert-OH is 2. The molecule has 4 heteroatoms. The smallest absolute Gasteiger partial charge is 0.0781 e. The molecule has 13 heavy (non-hydrogen) atoms. The van der Waals surface area contributed by atoms with Crippen LogP contribution in [0.4, 0.5) is 0 Å². The first-order valence-electron chi connectivity index (χ1n) is 4.58. The molecule has 0 aromatic rings. The van der Waals surface area contributed by atoms with Gasteiger partial charge in [-0.2, -0.15) is 0 Å². The largest absolute Gasteiger partial charge is 0.394 e. The summed E-state index contributed by atoms with van der Waals surface area (Å²) in [5.74, 6) is 0. The number of ether oxygens (including phenoxy) is 2. The maximum Gasteiger partial charge on any atom is 0.0781 e. The molecule has 2 N–H and O–H groups in total. The van der Waals surface area contributed by atoms with Crippen LogP contribution in [0, 0.1) is 0 Å². The van der Waals surface area contributed by atoms with Crippen molar-refractivity contribution in [3.63, 3.8) is 0 Å². The molecule has 1 aliphatic heterocycles. The maximum absolute atomic E-state index is 8.69. The highest BCUT2D eigenvalue weighted by atomic mass is 16.6. The second kappa shape index (κ2) is 7.26. The fraction of sp³-hybridized carbons (Fsp3) is 1.00. The summed E-state index contributed by atoms with van der Waals surface area (Å²) in [7, 11) is 0. The van der Waals surface area contributed by atoms with Gasteiger partial charge in [0.15, 0.2) is 0 Å². The number of hydrogen-bond donors (Lipinski definition) is 2. The molecule has 80 valence electrons. The zero-order valence-corrected chi connectivity index (χ0v) is 8.56. The minimum Gasteiger partial charge on any atom is -0.394 e. The molecule has 0 aliphatic carbocycles. The topological polar surface area (TPSA) is 62.2 Å². The van der Waals surface area contributed by atoms with Gasteiger partial charge < -0.3 is 19.7 Å². The van der Waals surface area contributed by atoms with Crippen LogP contribution in [0.2, 0.25) is 0 Å². The van der Waals surface area contributed by atoms with E-state index < -0.39 is 6.10 Å². The Morgan fingerprint density at radius 1 is 1.54 bits per heavy atom. The minimum absolute atomic E-state index is 0.00667. The molecule has 1 saturated heterocycles. The van der Waals surface area contributed by atoms with E-state index in [1.54, 1.807) is 13.8 Å². The Labute approximate surface area is 79.5 Å². The number of aliphatic hydroxyl groups is 2. The summed E-state index contributed by atoms with van der Waals surface area (Å²) in [6.07, 6.45) is -0.0291. The van der Waals surface area contributed by atoms with Crippen molar-refractivity contribution in [3.05, 3.63) is 0 Å². The molecule has 0 bridgehead atoms. The van der Waals surface area contributed by atoms with Crippen molar-refractivity contribution < 1.29 is 19.7 Å². The quantitative estimate of drug-likeness (QED) is 0.623. The van der Waals surface area contributed by atoms with Crippen LogP contribution in [0.25, 0.3) is 0 Å². The van der Waals surface area contributed by atoms with Gasteiger partial charge in [0.2, 0.25) is 0 Å². The monoisotopic (exact) mass is 192 g/mol.